The van der Waals surface area contributed by atoms with Crippen LogP contribution in [0.15, 0.2) is 30.3 Å². The molecule has 110 valence electrons. The maximum absolute atomic E-state index is 11.6. The van der Waals surface area contributed by atoms with Crippen LogP contribution in [0.25, 0.3) is 0 Å². The fourth-order valence-corrected chi connectivity index (χ4v) is 1.80. The van der Waals surface area contributed by atoms with Crippen molar-refractivity contribution in [2.45, 2.75) is 52.4 Å². The van der Waals surface area contributed by atoms with E-state index in [4.69, 9.17) is 9.47 Å². The molecule has 1 unspecified atom stereocenters. The van der Waals surface area contributed by atoms with Gasteiger partial charge in [0.25, 0.3) is 0 Å². The minimum absolute atomic E-state index is 0.000378. The number of benzene rings is 1. The Balaban J connectivity index is 2.51. The first-order valence-corrected chi connectivity index (χ1v) is 6.81. The first kappa shape index (κ1) is 16.4. The summed E-state index contributed by atoms with van der Waals surface area (Å²) >= 11 is 0. The molecule has 0 aliphatic rings. The van der Waals surface area contributed by atoms with E-state index >= 15 is 0 Å². The van der Waals surface area contributed by atoms with Crippen molar-refractivity contribution < 1.29 is 19.1 Å². The number of hydrogen-bond donors (Lipinski definition) is 0. The molecule has 1 aromatic rings. The van der Waals surface area contributed by atoms with Crippen LogP contribution < -0.4 is 0 Å². The molecule has 0 spiro atoms. The minimum Gasteiger partial charge on any atom is -0.463 e. The summed E-state index contributed by atoms with van der Waals surface area (Å²) in [6, 6.07) is 9.66. The van der Waals surface area contributed by atoms with Crippen LogP contribution in [0.5, 0.6) is 0 Å². The van der Waals surface area contributed by atoms with Crippen molar-refractivity contribution in [1.29, 1.82) is 0 Å². The lowest BCUT2D eigenvalue weighted by atomic mass is 10.1. The van der Waals surface area contributed by atoms with Crippen LogP contribution in [-0.4, -0.2) is 24.0 Å². The van der Waals surface area contributed by atoms with Gasteiger partial charge in [-0.2, -0.15) is 0 Å². The molecule has 0 bridgehead atoms. The van der Waals surface area contributed by atoms with Crippen LogP contribution in [0, 0.1) is 0 Å². The summed E-state index contributed by atoms with van der Waals surface area (Å²) in [4.78, 5) is 22.9. The summed E-state index contributed by atoms with van der Waals surface area (Å²) in [6.07, 6.45) is -0.265. The first-order valence-electron chi connectivity index (χ1n) is 6.81. The summed E-state index contributed by atoms with van der Waals surface area (Å²) in [5.41, 5.74) is 1.01. The van der Waals surface area contributed by atoms with Gasteiger partial charge >= 0.3 is 5.97 Å². The monoisotopic (exact) mass is 278 g/mol. The number of rotatable bonds is 8. The number of carbonyl (C=O) groups is 2. The maximum atomic E-state index is 11.6. The predicted molar refractivity (Wildman–Crippen MR) is 76.2 cm³/mol. The number of carbonyl (C=O) groups excluding carboxylic acids is 2. The molecule has 1 rings (SSSR count). The Morgan fingerprint density at radius 3 is 2.30 bits per heavy atom. The molecule has 0 fully saturated rings. The van der Waals surface area contributed by atoms with Crippen molar-refractivity contribution in [3.8, 4) is 0 Å². The zero-order valence-corrected chi connectivity index (χ0v) is 12.3. The highest BCUT2D eigenvalue weighted by Crippen LogP contribution is 2.11. The number of esters is 1. The molecule has 0 radical (unpaired) electrons. The van der Waals surface area contributed by atoms with E-state index in [1.54, 1.807) is 13.8 Å². The molecule has 1 aromatic carbocycles. The Morgan fingerprint density at radius 2 is 1.75 bits per heavy atom. The van der Waals surface area contributed by atoms with Gasteiger partial charge in [0, 0.05) is 6.42 Å². The summed E-state index contributed by atoms with van der Waals surface area (Å²) in [5.74, 6) is -0.334. The first-order chi connectivity index (χ1) is 9.47. The molecule has 0 saturated carbocycles. The lowest BCUT2D eigenvalue weighted by Gasteiger charge is -2.17. The zero-order chi connectivity index (χ0) is 15.0. The fourth-order valence-electron chi connectivity index (χ4n) is 1.80. The van der Waals surface area contributed by atoms with Crippen molar-refractivity contribution in [3.05, 3.63) is 35.9 Å². The molecule has 20 heavy (non-hydrogen) atoms. The summed E-state index contributed by atoms with van der Waals surface area (Å²) in [5, 5.41) is 0. The molecule has 0 amide bonds. The van der Waals surface area contributed by atoms with Gasteiger partial charge in [0.05, 0.1) is 25.2 Å². The van der Waals surface area contributed by atoms with E-state index in [1.165, 1.54) is 6.92 Å². The SMILES string of the molecule is CC(=O)CC(CC(=O)OC(C)C)OCc1ccccc1. The second-order valence-corrected chi connectivity index (χ2v) is 5.07. The van der Waals surface area contributed by atoms with E-state index in [0.717, 1.165) is 5.56 Å². The summed E-state index contributed by atoms with van der Waals surface area (Å²) < 4.78 is 10.8. The molecule has 4 nitrogen and oxygen atoms in total. The highest BCUT2D eigenvalue weighted by Gasteiger charge is 2.18. The molecule has 0 aliphatic heterocycles. The van der Waals surface area contributed by atoms with Crippen LogP contribution in [0.3, 0.4) is 0 Å². The largest absolute Gasteiger partial charge is 0.463 e. The highest BCUT2D eigenvalue weighted by molar-refractivity contribution is 5.77. The third-order valence-corrected chi connectivity index (χ3v) is 2.61. The van der Waals surface area contributed by atoms with Crippen LogP contribution >= 0.6 is 0 Å². The normalized spacial score (nSPS) is 12.2. The van der Waals surface area contributed by atoms with Crippen LogP contribution in [0.1, 0.15) is 39.2 Å². The van der Waals surface area contributed by atoms with E-state index < -0.39 is 6.10 Å². The predicted octanol–water partition coefficient (Wildman–Crippen LogP) is 2.89. The van der Waals surface area contributed by atoms with E-state index in [1.807, 2.05) is 30.3 Å². The van der Waals surface area contributed by atoms with Gasteiger partial charge in [0.1, 0.15) is 5.78 Å². The van der Waals surface area contributed by atoms with Gasteiger partial charge in [-0.05, 0) is 26.3 Å². The molecule has 0 N–H and O–H groups in total. The molecule has 0 saturated heterocycles. The van der Waals surface area contributed by atoms with Gasteiger partial charge in [0.15, 0.2) is 0 Å². The second kappa shape index (κ2) is 8.48. The Hall–Kier alpha value is -1.68. The standard InChI is InChI=1S/C16H22O4/c1-12(2)20-16(18)10-15(9-13(3)17)19-11-14-7-5-4-6-8-14/h4-8,12,15H,9-11H2,1-3H3. The zero-order valence-electron chi connectivity index (χ0n) is 12.3. The second-order valence-electron chi connectivity index (χ2n) is 5.07. The van der Waals surface area contributed by atoms with Crippen molar-refractivity contribution in [2.24, 2.45) is 0 Å². The van der Waals surface area contributed by atoms with E-state index in [2.05, 4.69) is 0 Å². The highest BCUT2D eigenvalue weighted by atomic mass is 16.5. The Bertz CT molecular complexity index is 425. The number of hydrogen-bond acceptors (Lipinski definition) is 4. The van der Waals surface area contributed by atoms with Gasteiger partial charge in [-0.3, -0.25) is 9.59 Å². The molecular weight excluding hydrogens is 256 g/mol. The molecule has 1 atom stereocenters. The van der Waals surface area contributed by atoms with Gasteiger partial charge < -0.3 is 9.47 Å². The molecule has 0 heterocycles. The number of ketones is 1. The van der Waals surface area contributed by atoms with Crippen LogP contribution in [0.4, 0.5) is 0 Å². The molecule has 0 aliphatic carbocycles. The minimum atomic E-state index is -0.432. The quantitative estimate of drug-likeness (QED) is 0.686. The molecule has 4 heteroatoms. The lowest BCUT2D eigenvalue weighted by molar-refractivity contribution is -0.151. The summed E-state index contributed by atoms with van der Waals surface area (Å²) in [6.45, 7) is 5.46. The number of Topliss-reactive ketones (excluding diaryl/α,β-unsaturated/α-hetero) is 1. The average molecular weight is 278 g/mol. The molecular formula is C16H22O4. The van der Waals surface area contributed by atoms with Crippen molar-refractivity contribution in [3.63, 3.8) is 0 Å². The third kappa shape index (κ3) is 7.04. The van der Waals surface area contributed by atoms with Crippen molar-refractivity contribution >= 4 is 11.8 Å². The van der Waals surface area contributed by atoms with Crippen LogP contribution in [-0.2, 0) is 25.7 Å². The van der Waals surface area contributed by atoms with E-state index in [9.17, 15) is 9.59 Å². The number of ether oxygens (including phenoxy) is 2. The smallest absolute Gasteiger partial charge is 0.308 e. The van der Waals surface area contributed by atoms with E-state index in [0.29, 0.717) is 6.61 Å². The topological polar surface area (TPSA) is 52.6 Å². The van der Waals surface area contributed by atoms with E-state index in [-0.39, 0.29) is 30.7 Å². The Labute approximate surface area is 120 Å². The van der Waals surface area contributed by atoms with Gasteiger partial charge in [0.2, 0.25) is 0 Å². The Kier molecular flexibility index (Phi) is 6.94. The Morgan fingerprint density at radius 1 is 1.10 bits per heavy atom. The van der Waals surface area contributed by atoms with Crippen molar-refractivity contribution in [2.75, 3.05) is 0 Å². The van der Waals surface area contributed by atoms with Gasteiger partial charge in [-0.15, -0.1) is 0 Å². The van der Waals surface area contributed by atoms with Gasteiger partial charge in [-0.25, -0.2) is 0 Å². The third-order valence-electron chi connectivity index (χ3n) is 2.61. The fraction of sp³-hybridized carbons (Fsp3) is 0.500. The van der Waals surface area contributed by atoms with Crippen LogP contribution in [0.2, 0.25) is 0 Å². The summed E-state index contributed by atoms with van der Waals surface area (Å²) in [7, 11) is 0. The maximum Gasteiger partial charge on any atom is 0.308 e. The molecule has 0 aromatic heterocycles. The lowest BCUT2D eigenvalue weighted by Crippen LogP contribution is -2.23. The average Bonchev–Trinajstić information content (AvgIpc) is 2.35. The van der Waals surface area contributed by atoms with Crippen molar-refractivity contribution in [1.82, 2.24) is 0 Å². The van der Waals surface area contributed by atoms with Gasteiger partial charge in [-0.1, -0.05) is 30.3 Å².